The van der Waals surface area contributed by atoms with Gasteiger partial charge in [-0.15, -0.1) is 12.6 Å². The van der Waals surface area contributed by atoms with Gasteiger partial charge >= 0.3 is 12.6 Å². The average molecular weight is 391 g/mol. The Kier molecular flexibility index (Phi) is 4.87. The molecule has 0 radical (unpaired) electrons. The van der Waals surface area contributed by atoms with Crippen LogP contribution in [0.5, 0.6) is 5.75 Å². The summed E-state index contributed by atoms with van der Waals surface area (Å²) in [5.41, 5.74) is -1.84. The maximum atomic E-state index is 14.1. The van der Waals surface area contributed by atoms with Crippen molar-refractivity contribution in [3.05, 3.63) is 33.5 Å². The first-order chi connectivity index (χ1) is 12.3. The van der Waals surface area contributed by atoms with Crippen molar-refractivity contribution in [1.29, 1.82) is 0 Å². The summed E-state index contributed by atoms with van der Waals surface area (Å²) >= 11 is 4.17. The SMILES string of the molecule is CCOC(=O)c1c(S)n(C2CC2)c2c(OC(F)F)c(F)c(F)cc2c1=O. The van der Waals surface area contributed by atoms with Crippen molar-refractivity contribution in [3.8, 4) is 5.75 Å². The number of alkyl halides is 2. The van der Waals surface area contributed by atoms with Gasteiger partial charge in [0, 0.05) is 6.04 Å². The highest BCUT2D eigenvalue weighted by molar-refractivity contribution is 7.80. The van der Waals surface area contributed by atoms with Crippen LogP contribution in [-0.2, 0) is 4.74 Å². The summed E-state index contributed by atoms with van der Waals surface area (Å²) in [6.07, 6.45) is 1.17. The number of pyridine rings is 1. The maximum Gasteiger partial charge on any atom is 0.387 e. The number of carbonyl (C=O) groups excluding carboxylic acids is 1. The zero-order valence-corrected chi connectivity index (χ0v) is 14.3. The number of fused-ring (bicyclic) bond motifs is 1. The first-order valence-corrected chi connectivity index (χ1v) is 8.13. The summed E-state index contributed by atoms with van der Waals surface area (Å²) in [5, 5.41) is -0.638. The van der Waals surface area contributed by atoms with Crippen LogP contribution in [0.1, 0.15) is 36.2 Å². The topological polar surface area (TPSA) is 57.5 Å². The molecule has 1 saturated carbocycles. The van der Waals surface area contributed by atoms with E-state index < -0.39 is 46.3 Å². The molecule has 1 heterocycles. The molecule has 0 unspecified atom stereocenters. The fourth-order valence-corrected chi connectivity index (χ4v) is 3.20. The minimum absolute atomic E-state index is 0.0233. The van der Waals surface area contributed by atoms with Crippen molar-refractivity contribution < 1.29 is 31.8 Å². The van der Waals surface area contributed by atoms with Crippen LogP contribution in [0.3, 0.4) is 0 Å². The van der Waals surface area contributed by atoms with E-state index in [0.717, 1.165) is 0 Å². The van der Waals surface area contributed by atoms with E-state index >= 15 is 0 Å². The van der Waals surface area contributed by atoms with Gasteiger partial charge in [-0.3, -0.25) is 4.79 Å². The van der Waals surface area contributed by atoms with Crippen LogP contribution in [0, 0.1) is 11.6 Å². The summed E-state index contributed by atoms with van der Waals surface area (Å²) in [7, 11) is 0. The van der Waals surface area contributed by atoms with Crippen molar-refractivity contribution in [3.63, 3.8) is 0 Å². The molecule has 0 N–H and O–H groups in total. The first kappa shape index (κ1) is 18.6. The van der Waals surface area contributed by atoms with Crippen LogP contribution in [-0.4, -0.2) is 23.8 Å². The number of nitrogens with zero attached hydrogens (tertiary/aromatic N) is 1. The predicted molar refractivity (Wildman–Crippen MR) is 86.2 cm³/mol. The largest absolute Gasteiger partial charge is 0.462 e. The molecule has 0 bridgehead atoms. The zero-order chi connectivity index (χ0) is 19.2. The molecule has 1 aromatic heterocycles. The van der Waals surface area contributed by atoms with E-state index in [9.17, 15) is 27.2 Å². The van der Waals surface area contributed by atoms with Crippen molar-refractivity contribution in [2.24, 2.45) is 0 Å². The van der Waals surface area contributed by atoms with Gasteiger partial charge in [-0.1, -0.05) is 0 Å². The molecule has 1 fully saturated rings. The minimum Gasteiger partial charge on any atom is -0.462 e. The molecule has 5 nitrogen and oxygen atoms in total. The lowest BCUT2D eigenvalue weighted by Gasteiger charge is -2.19. The van der Waals surface area contributed by atoms with Gasteiger partial charge in [0.15, 0.2) is 11.6 Å². The normalized spacial score (nSPS) is 14.1. The Morgan fingerprint density at radius 1 is 1.38 bits per heavy atom. The lowest BCUT2D eigenvalue weighted by molar-refractivity contribution is -0.0516. The van der Waals surface area contributed by atoms with Crippen LogP contribution in [0.25, 0.3) is 10.9 Å². The monoisotopic (exact) mass is 391 g/mol. The van der Waals surface area contributed by atoms with Gasteiger partial charge in [0.1, 0.15) is 5.56 Å². The fraction of sp³-hybridized carbons (Fsp3) is 0.375. The second-order valence-electron chi connectivity index (χ2n) is 5.63. The third kappa shape index (κ3) is 3.02. The number of halogens is 4. The first-order valence-electron chi connectivity index (χ1n) is 7.69. The molecular weight excluding hydrogens is 378 g/mol. The number of rotatable bonds is 5. The van der Waals surface area contributed by atoms with Crippen molar-refractivity contribution in [1.82, 2.24) is 4.57 Å². The molecular formula is C16H13F4NO4S. The highest BCUT2D eigenvalue weighted by atomic mass is 32.1. The van der Waals surface area contributed by atoms with Crippen molar-refractivity contribution >= 4 is 29.5 Å². The third-order valence-electron chi connectivity index (χ3n) is 3.91. The fourth-order valence-electron chi connectivity index (χ4n) is 2.74. The van der Waals surface area contributed by atoms with Gasteiger partial charge in [0.2, 0.25) is 11.2 Å². The van der Waals surface area contributed by atoms with Crippen LogP contribution >= 0.6 is 12.6 Å². The highest BCUT2D eigenvalue weighted by Crippen LogP contribution is 2.43. The van der Waals surface area contributed by atoms with E-state index in [-0.39, 0.29) is 23.2 Å². The molecule has 10 heteroatoms. The van der Waals surface area contributed by atoms with Gasteiger partial charge in [-0.2, -0.15) is 13.2 Å². The Morgan fingerprint density at radius 3 is 2.58 bits per heavy atom. The smallest absolute Gasteiger partial charge is 0.387 e. The number of hydrogen-bond donors (Lipinski definition) is 1. The van der Waals surface area contributed by atoms with E-state index in [2.05, 4.69) is 17.4 Å². The molecule has 1 aliphatic carbocycles. The quantitative estimate of drug-likeness (QED) is 0.480. The van der Waals surface area contributed by atoms with Crippen molar-refractivity contribution in [2.45, 2.75) is 37.4 Å². The Labute approximate surface area is 149 Å². The van der Waals surface area contributed by atoms with E-state index in [4.69, 9.17) is 4.74 Å². The van der Waals surface area contributed by atoms with Crippen LogP contribution < -0.4 is 10.2 Å². The van der Waals surface area contributed by atoms with E-state index in [1.165, 1.54) is 11.5 Å². The number of carbonyl (C=O) groups is 1. The van der Waals surface area contributed by atoms with E-state index in [0.29, 0.717) is 18.9 Å². The molecule has 0 aliphatic heterocycles. The van der Waals surface area contributed by atoms with E-state index in [1.807, 2.05) is 0 Å². The molecule has 2 aromatic rings. The van der Waals surface area contributed by atoms with Gasteiger partial charge in [-0.05, 0) is 25.8 Å². The summed E-state index contributed by atoms with van der Waals surface area (Å²) in [5.74, 6) is -5.28. The lowest BCUT2D eigenvalue weighted by atomic mass is 10.1. The molecule has 26 heavy (non-hydrogen) atoms. The highest BCUT2D eigenvalue weighted by Gasteiger charge is 2.34. The van der Waals surface area contributed by atoms with Crippen molar-refractivity contribution in [2.75, 3.05) is 6.61 Å². The molecule has 0 saturated heterocycles. The molecule has 140 valence electrons. The summed E-state index contributed by atoms with van der Waals surface area (Å²) in [6, 6.07) is 0.240. The summed E-state index contributed by atoms with van der Waals surface area (Å²) < 4.78 is 63.7. The number of aromatic nitrogens is 1. The Hall–Kier alpha value is -2.23. The number of thiol groups is 1. The molecule has 3 rings (SSSR count). The molecule has 1 aliphatic rings. The molecule has 0 spiro atoms. The van der Waals surface area contributed by atoms with Crippen LogP contribution in [0.2, 0.25) is 0 Å². The second kappa shape index (κ2) is 6.82. The Morgan fingerprint density at radius 2 is 2.04 bits per heavy atom. The van der Waals surface area contributed by atoms with E-state index in [1.54, 1.807) is 0 Å². The standard InChI is InChI=1S/C16H13F4NO4S/c1-2-24-15(23)9-12(22)7-5-8(17)10(18)13(25-16(19)20)11(7)21(14(9)26)6-3-4-6/h5-6,16,26H,2-4H2,1H3. The molecule has 1 aromatic carbocycles. The number of ether oxygens (including phenoxy) is 2. The van der Waals surface area contributed by atoms with Gasteiger partial charge in [0.25, 0.3) is 0 Å². The summed E-state index contributed by atoms with van der Waals surface area (Å²) in [4.78, 5) is 24.8. The van der Waals surface area contributed by atoms with Gasteiger partial charge in [-0.25, -0.2) is 9.18 Å². The minimum atomic E-state index is -3.44. The Balaban J connectivity index is 2.46. The number of esters is 1. The number of benzene rings is 1. The molecule has 0 amide bonds. The van der Waals surface area contributed by atoms with Crippen LogP contribution in [0.4, 0.5) is 17.6 Å². The maximum absolute atomic E-state index is 14.1. The summed E-state index contributed by atoms with van der Waals surface area (Å²) in [6.45, 7) is -1.93. The van der Waals surface area contributed by atoms with Crippen LogP contribution in [0.15, 0.2) is 15.9 Å². The predicted octanol–water partition coefficient (Wildman–Crippen LogP) is 3.68. The number of hydrogen-bond acceptors (Lipinski definition) is 5. The average Bonchev–Trinajstić information content (AvgIpc) is 3.38. The third-order valence-corrected chi connectivity index (χ3v) is 4.35. The molecule has 0 atom stereocenters. The van der Waals surface area contributed by atoms with Gasteiger partial charge in [0.05, 0.1) is 22.5 Å². The van der Waals surface area contributed by atoms with Gasteiger partial charge < -0.3 is 14.0 Å². The lowest BCUT2D eigenvalue weighted by Crippen LogP contribution is -2.24. The second-order valence-corrected chi connectivity index (χ2v) is 6.05. The Bertz CT molecular complexity index is 956. The zero-order valence-electron chi connectivity index (χ0n) is 13.4.